The molecular weight excluding hydrogens is 316 g/mol. The number of carbonyl (C=O) groups is 1. The first kappa shape index (κ1) is 18.4. The summed E-state index contributed by atoms with van der Waals surface area (Å²) in [4.78, 5) is 13.1. The zero-order valence-electron chi connectivity index (χ0n) is 15.2. The van der Waals surface area contributed by atoms with Gasteiger partial charge in [0.25, 0.3) is 0 Å². The molecule has 0 saturated carbocycles. The molecule has 2 heterocycles. The van der Waals surface area contributed by atoms with Crippen molar-refractivity contribution >= 4 is 5.91 Å². The van der Waals surface area contributed by atoms with Gasteiger partial charge in [0, 0.05) is 32.3 Å². The van der Waals surface area contributed by atoms with Gasteiger partial charge in [-0.05, 0) is 44.3 Å². The Hall–Kier alpha value is -1.43. The van der Waals surface area contributed by atoms with Crippen LogP contribution in [0.15, 0.2) is 30.3 Å². The van der Waals surface area contributed by atoms with Crippen molar-refractivity contribution in [2.75, 3.05) is 46.6 Å². The highest BCUT2D eigenvalue weighted by atomic mass is 16.5. The quantitative estimate of drug-likeness (QED) is 0.826. The van der Waals surface area contributed by atoms with E-state index in [1.54, 1.807) is 7.11 Å². The third-order valence-corrected chi connectivity index (χ3v) is 5.89. The Kier molecular flexibility index (Phi) is 6.10. The number of hydrogen-bond donors (Lipinski definition) is 2. The molecule has 1 aromatic carbocycles. The van der Waals surface area contributed by atoms with Gasteiger partial charge < -0.3 is 20.1 Å². The molecule has 2 saturated heterocycles. The normalized spacial score (nSPS) is 22.3. The van der Waals surface area contributed by atoms with Crippen LogP contribution in [0.1, 0.15) is 31.2 Å². The molecule has 0 spiro atoms. The van der Waals surface area contributed by atoms with Gasteiger partial charge in [-0.1, -0.05) is 30.3 Å². The molecule has 0 atom stereocenters. The molecule has 25 heavy (non-hydrogen) atoms. The molecule has 0 aromatic heterocycles. The molecule has 0 radical (unpaired) electrons. The number of hydrogen-bond acceptors (Lipinski definition) is 4. The molecule has 2 aliphatic rings. The van der Waals surface area contributed by atoms with Crippen LogP contribution in [0.25, 0.3) is 0 Å². The fraction of sp³-hybridized carbons (Fsp3) is 0.650. The maximum absolute atomic E-state index is 13.1. The van der Waals surface area contributed by atoms with Crippen LogP contribution in [-0.2, 0) is 19.7 Å². The molecule has 0 bridgehead atoms. The number of ether oxygens (including phenoxy) is 2. The van der Waals surface area contributed by atoms with Gasteiger partial charge in [-0.3, -0.25) is 4.79 Å². The van der Waals surface area contributed by atoms with Crippen LogP contribution >= 0.6 is 0 Å². The zero-order chi connectivity index (χ0) is 17.6. The third kappa shape index (κ3) is 4.05. The Morgan fingerprint density at radius 2 is 1.84 bits per heavy atom. The number of benzene rings is 1. The monoisotopic (exact) mass is 346 g/mol. The second-order valence-corrected chi connectivity index (χ2v) is 7.40. The summed E-state index contributed by atoms with van der Waals surface area (Å²) in [5.41, 5.74) is 0.865. The van der Waals surface area contributed by atoms with E-state index in [9.17, 15) is 4.79 Å². The summed E-state index contributed by atoms with van der Waals surface area (Å²) >= 11 is 0. The second kappa shape index (κ2) is 8.30. The van der Waals surface area contributed by atoms with Crippen molar-refractivity contribution in [1.82, 2.24) is 10.6 Å². The van der Waals surface area contributed by atoms with E-state index in [0.29, 0.717) is 13.2 Å². The maximum Gasteiger partial charge on any atom is 0.228 e. The van der Waals surface area contributed by atoms with E-state index in [1.165, 1.54) is 5.56 Å². The minimum Gasteiger partial charge on any atom is -0.384 e. The molecular formula is C20H30N2O3. The van der Waals surface area contributed by atoms with Crippen molar-refractivity contribution in [3.63, 3.8) is 0 Å². The van der Waals surface area contributed by atoms with Gasteiger partial charge >= 0.3 is 0 Å². The summed E-state index contributed by atoms with van der Waals surface area (Å²) in [5.74, 6) is 0.137. The van der Waals surface area contributed by atoms with E-state index in [4.69, 9.17) is 9.47 Å². The second-order valence-electron chi connectivity index (χ2n) is 7.40. The largest absolute Gasteiger partial charge is 0.384 e. The number of piperidine rings is 1. The summed E-state index contributed by atoms with van der Waals surface area (Å²) in [5, 5.41) is 6.62. The van der Waals surface area contributed by atoms with Crippen molar-refractivity contribution in [2.45, 2.75) is 31.1 Å². The Morgan fingerprint density at radius 3 is 2.48 bits per heavy atom. The summed E-state index contributed by atoms with van der Waals surface area (Å²) in [6.07, 6.45) is 3.54. The lowest BCUT2D eigenvalue weighted by Gasteiger charge is -2.40. The fourth-order valence-electron chi connectivity index (χ4n) is 4.18. The van der Waals surface area contributed by atoms with Gasteiger partial charge in [0.05, 0.1) is 12.0 Å². The highest BCUT2D eigenvalue weighted by Crippen LogP contribution is 2.35. The van der Waals surface area contributed by atoms with E-state index in [1.807, 2.05) is 6.07 Å². The van der Waals surface area contributed by atoms with Crippen LogP contribution in [-0.4, -0.2) is 52.5 Å². The lowest BCUT2D eigenvalue weighted by molar-refractivity contribution is -0.136. The van der Waals surface area contributed by atoms with Gasteiger partial charge in [-0.15, -0.1) is 0 Å². The standard InChI is InChI=1S/C20H30N2O3/c1-24-16-20(7-11-21-12-8-20)18(23)22-15-19(9-13-25-14-10-19)17-5-3-2-4-6-17/h2-6,21H,7-16H2,1H3,(H,22,23). The molecule has 3 rings (SSSR count). The molecule has 2 fully saturated rings. The first-order valence-electron chi connectivity index (χ1n) is 9.32. The van der Waals surface area contributed by atoms with E-state index in [-0.39, 0.29) is 11.3 Å². The lowest BCUT2D eigenvalue weighted by atomic mass is 9.73. The average Bonchev–Trinajstić information content (AvgIpc) is 2.68. The number of carbonyl (C=O) groups excluding carboxylic acids is 1. The smallest absolute Gasteiger partial charge is 0.228 e. The predicted octanol–water partition coefficient (Wildman–Crippen LogP) is 1.87. The maximum atomic E-state index is 13.1. The van der Waals surface area contributed by atoms with Crippen molar-refractivity contribution < 1.29 is 14.3 Å². The predicted molar refractivity (Wildman–Crippen MR) is 97.6 cm³/mol. The molecule has 2 aliphatic heterocycles. The third-order valence-electron chi connectivity index (χ3n) is 5.89. The van der Waals surface area contributed by atoms with Crippen LogP contribution < -0.4 is 10.6 Å². The van der Waals surface area contributed by atoms with Gasteiger partial charge in [0.2, 0.25) is 5.91 Å². The van der Waals surface area contributed by atoms with Gasteiger partial charge in [0.1, 0.15) is 0 Å². The molecule has 1 amide bonds. The highest BCUT2D eigenvalue weighted by molar-refractivity contribution is 5.83. The first-order chi connectivity index (χ1) is 12.2. The highest BCUT2D eigenvalue weighted by Gasteiger charge is 2.41. The number of rotatable bonds is 6. The Labute approximate surface area is 150 Å². The molecule has 1 aromatic rings. The molecule has 2 N–H and O–H groups in total. The average molecular weight is 346 g/mol. The van der Waals surface area contributed by atoms with Crippen molar-refractivity contribution in [1.29, 1.82) is 0 Å². The van der Waals surface area contributed by atoms with E-state index in [0.717, 1.165) is 52.0 Å². The SMILES string of the molecule is COCC1(C(=O)NCC2(c3ccccc3)CCOCC2)CCNCC1. The fourth-order valence-corrected chi connectivity index (χ4v) is 4.18. The molecule has 0 aliphatic carbocycles. The van der Waals surface area contributed by atoms with Crippen LogP contribution in [0.5, 0.6) is 0 Å². The summed E-state index contributed by atoms with van der Waals surface area (Å²) in [6, 6.07) is 10.5. The van der Waals surface area contributed by atoms with Gasteiger partial charge in [0.15, 0.2) is 0 Å². The minimum absolute atomic E-state index is 0.0314. The summed E-state index contributed by atoms with van der Waals surface area (Å²) in [7, 11) is 1.68. The molecule has 5 heteroatoms. The number of amides is 1. The van der Waals surface area contributed by atoms with Crippen molar-refractivity contribution in [2.24, 2.45) is 5.41 Å². The van der Waals surface area contributed by atoms with Crippen LogP contribution in [0.2, 0.25) is 0 Å². The Balaban J connectivity index is 1.73. The Morgan fingerprint density at radius 1 is 1.16 bits per heavy atom. The molecule has 5 nitrogen and oxygen atoms in total. The van der Waals surface area contributed by atoms with Crippen LogP contribution in [0, 0.1) is 5.41 Å². The topological polar surface area (TPSA) is 59.6 Å². The van der Waals surface area contributed by atoms with Gasteiger partial charge in [-0.25, -0.2) is 0 Å². The number of methoxy groups -OCH3 is 1. The molecule has 138 valence electrons. The molecule has 0 unspecified atom stereocenters. The van der Waals surface area contributed by atoms with Crippen LogP contribution in [0.4, 0.5) is 0 Å². The van der Waals surface area contributed by atoms with Crippen molar-refractivity contribution in [3.05, 3.63) is 35.9 Å². The number of nitrogens with one attached hydrogen (secondary N) is 2. The first-order valence-corrected chi connectivity index (χ1v) is 9.32. The lowest BCUT2D eigenvalue weighted by Crippen LogP contribution is -2.53. The van der Waals surface area contributed by atoms with Crippen LogP contribution in [0.3, 0.4) is 0 Å². The van der Waals surface area contributed by atoms with E-state index < -0.39 is 5.41 Å². The summed E-state index contributed by atoms with van der Waals surface area (Å²) < 4.78 is 11.0. The van der Waals surface area contributed by atoms with E-state index in [2.05, 4.69) is 34.9 Å². The van der Waals surface area contributed by atoms with Gasteiger partial charge in [-0.2, -0.15) is 0 Å². The summed E-state index contributed by atoms with van der Waals surface area (Å²) in [6.45, 7) is 4.39. The Bertz CT molecular complexity index is 544. The van der Waals surface area contributed by atoms with E-state index >= 15 is 0 Å². The zero-order valence-corrected chi connectivity index (χ0v) is 15.2. The minimum atomic E-state index is -0.400. The van der Waals surface area contributed by atoms with Crippen molar-refractivity contribution in [3.8, 4) is 0 Å².